The summed E-state index contributed by atoms with van der Waals surface area (Å²) in [5.74, 6) is -0.307. The molecule has 0 radical (unpaired) electrons. The molecule has 0 bridgehead atoms. The maximum atomic E-state index is 9.70. The molecule has 1 aromatic rings. The van der Waals surface area contributed by atoms with E-state index in [1.54, 1.807) is 0 Å². The number of hydrogen-bond donors (Lipinski definition) is 5. The van der Waals surface area contributed by atoms with Crippen molar-refractivity contribution in [2.75, 3.05) is 6.61 Å². The lowest BCUT2D eigenvalue weighted by Crippen LogP contribution is -2.33. The number of ether oxygens (including phenoxy) is 1. The number of rotatable bonds is 3. The number of amidine groups is 1. The van der Waals surface area contributed by atoms with Crippen LogP contribution in [0.2, 0.25) is 0 Å². The van der Waals surface area contributed by atoms with Crippen LogP contribution >= 0.6 is 0 Å². The molecule has 94 valence electrons. The van der Waals surface area contributed by atoms with Crippen LogP contribution < -0.4 is 5.73 Å². The summed E-state index contributed by atoms with van der Waals surface area (Å²) >= 11 is 0. The number of nitrogen functional groups attached to an aromatic ring is 1. The molecule has 1 aromatic heterocycles. The van der Waals surface area contributed by atoms with Crippen LogP contribution in [0.4, 0.5) is 0 Å². The Morgan fingerprint density at radius 2 is 2.24 bits per heavy atom. The monoisotopic (exact) mass is 243 g/mol. The molecule has 1 fully saturated rings. The van der Waals surface area contributed by atoms with Gasteiger partial charge >= 0.3 is 0 Å². The largest absolute Gasteiger partial charge is 0.394 e. The molecule has 2 heterocycles. The van der Waals surface area contributed by atoms with Gasteiger partial charge in [-0.25, -0.2) is 9.67 Å². The van der Waals surface area contributed by atoms with E-state index in [0.29, 0.717) is 0 Å². The second-order valence-corrected chi connectivity index (χ2v) is 3.69. The fourth-order valence-electron chi connectivity index (χ4n) is 1.62. The summed E-state index contributed by atoms with van der Waals surface area (Å²) in [4.78, 5) is 3.74. The molecule has 0 saturated carbocycles. The minimum Gasteiger partial charge on any atom is -0.394 e. The molecule has 0 spiro atoms. The number of aliphatic hydroxyl groups excluding tert-OH is 3. The van der Waals surface area contributed by atoms with Crippen LogP contribution in [0.3, 0.4) is 0 Å². The van der Waals surface area contributed by atoms with Crippen molar-refractivity contribution in [3.05, 3.63) is 12.2 Å². The second kappa shape index (κ2) is 4.37. The Balaban J connectivity index is 2.19. The van der Waals surface area contributed by atoms with Gasteiger partial charge < -0.3 is 25.8 Å². The van der Waals surface area contributed by atoms with Gasteiger partial charge in [0.25, 0.3) is 0 Å². The minimum absolute atomic E-state index is 0.00254. The van der Waals surface area contributed by atoms with Crippen LogP contribution in [0.1, 0.15) is 12.1 Å². The number of nitrogens with one attached hydrogen (secondary N) is 1. The number of aliphatic hydroxyl groups is 3. The van der Waals surface area contributed by atoms with Gasteiger partial charge in [-0.3, -0.25) is 5.41 Å². The van der Waals surface area contributed by atoms with E-state index in [1.165, 1.54) is 6.33 Å². The molecule has 2 rings (SSSR count). The SMILES string of the molecule is N=C(N)c1ncn([C@H]2O[C@@H](CO)[C@H](O)[C@@H]2O)n1. The lowest BCUT2D eigenvalue weighted by atomic mass is 10.1. The molecule has 6 N–H and O–H groups in total. The maximum Gasteiger partial charge on any atom is 0.215 e. The van der Waals surface area contributed by atoms with Crippen molar-refractivity contribution in [3.63, 3.8) is 0 Å². The molecule has 0 amide bonds. The Bertz CT molecular complexity index is 422. The molecular weight excluding hydrogens is 230 g/mol. The van der Waals surface area contributed by atoms with Crippen molar-refractivity contribution in [1.82, 2.24) is 14.8 Å². The van der Waals surface area contributed by atoms with Gasteiger partial charge in [-0.05, 0) is 0 Å². The van der Waals surface area contributed by atoms with Gasteiger partial charge in [-0.15, -0.1) is 5.10 Å². The predicted octanol–water partition coefficient (Wildman–Crippen LogP) is -2.83. The molecule has 0 aliphatic carbocycles. The van der Waals surface area contributed by atoms with E-state index >= 15 is 0 Å². The van der Waals surface area contributed by atoms with Gasteiger partial charge in [0.05, 0.1) is 6.61 Å². The first kappa shape index (κ1) is 11.9. The van der Waals surface area contributed by atoms with E-state index in [1.807, 2.05) is 0 Å². The van der Waals surface area contributed by atoms with E-state index in [9.17, 15) is 10.2 Å². The first-order valence-electron chi connectivity index (χ1n) is 4.92. The second-order valence-electron chi connectivity index (χ2n) is 3.69. The highest BCUT2D eigenvalue weighted by molar-refractivity contribution is 5.90. The van der Waals surface area contributed by atoms with Gasteiger partial charge in [0.15, 0.2) is 12.1 Å². The first-order valence-corrected chi connectivity index (χ1v) is 4.92. The highest BCUT2D eigenvalue weighted by Crippen LogP contribution is 2.28. The zero-order valence-electron chi connectivity index (χ0n) is 8.76. The van der Waals surface area contributed by atoms with Gasteiger partial charge in [0, 0.05) is 0 Å². The van der Waals surface area contributed by atoms with Crippen LogP contribution in [0.15, 0.2) is 6.33 Å². The van der Waals surface area contributed by atoms with Crippen molar-refractivity contribution in [3.8, 4) is 0 Å². The fraction of sp³-hybridized carbons (Fsp3) is 0.625. The van der Waals surface area contributed by atoms with Gasteiger partial charge in [0.2, 0.25) is 5.82 Å². The number of nitrogens with two attached hydrogens (primary N) is 1. The van der Waals surface area contributed by atoms with Gasteiger partial charge in [-0.1, -0.05) is 0 Å². The van der Waals surface area contributed by atoms with Gasteiger partial charge in [0.1, 0.15) is 24.6 Å². The molecule has 1 saturated heterocycles. The molecule has 1 aliphatic rings. The third-order valence-corrected chi connectivity index (χ3v) is 2.53. The summed E-state index contributed by atoms with van der Waals surface area (Å²) < 4.78 is 6.37. The topological polar surface area (TPSA) is 150 Å². The van der Waals surface area contributed by atoms with Crippen molar-refractivity contribution < 1.29 is 20.1 Å². The average molecular weight is 243 g/mol. The average Bonchev–Trinajstić information content (AvgIpc) is 2.87. The van der Waals surface area contributed by atoms with Crippen LogP contribution in [0.5, 0.6) is 0 Å². The quantitative estimate of drug-likeness (QED) is 0.283. The van der Waals surface area contributed by atoms with E-state index in [-0.39, 0.29) is 11.7 Å². The zero-order chi connectivity index (χ0) is 12.6. The first-order chi connectivity index (χ1) is 8.04. The Morgan fingerprint density at radius 3 is 2.71 bits per heavy atom. The summed E-state index contributed by atoms with van der Waals surface area (Å²) in [5.41, 5.74) is 5.19. The standard InChI is InChI=1S/C8H13N5O4/c9-6(10)7-11-2-13(12-7)8-5(16)4(15)3(1-14)17-8/h2-5,8,14-16H,1H2,(H3,9,10)/t3-,4-,5-,8-/m0/s1. The van der Waals surface area contributed by atoms with Crippen molar-refractivity contribution in [2.45, 2.75) is 24.5 Å². The molecule has 9 nitrogen and oxygen atoms in total. The lowest BCUT2D eigenvalue weighted by molar-refractivity contribution is -0.0588. The minimum atomic E-state index is -1.23. The third kappa shape index (κ3) is 2.00. The molecule has 9 heteroatoms. The lowest BCUT2D eigenvalue weighted by Gasteiger charge is -2.13. The predicted molar refractivity (Wildman–Crippen MR) is 54.0 cm³/mol. The van der Waals surface area contributed by atoms with Crippen LogP contribution in [-0.2, 0) is 4.74 Å². The summed E-state index contributed by atoms with van der Waals surface area (Å²) in [7, 11) is 0. The fourth-order valence-corrected chi connectivity index (χ4v) is 1.62. The van der Waals surface area contributed by atoms with E-state index < -0.39 is 31.1 Å². The summed E-state index contributed by atoms with van der Waals surface area (Å²) in [5, 5.41) is 39.1. The zero-order valence-corrected chi connectivity index (χ0v) is 8.76. The van der Waals surface area contributed by atoms with E-state index in [0.717, 1.165) is 4.68 Å². The van der Waals surface area contributed by atoms with E-state index in [4.69, 9.17) is 21.0 Å². The van der Waals surface area contributed by atoms with Crippen LogP contribution in [0.25, 0.3) is 0 Å². The smallest absolute Gasteiger partial charge is 0.215 e. The number of aromatic nitrogens is 3. The summed E-state index contributed by atoms with van der Waals surface area (Å²) in [6, 6.07) is 0. The Hall–Kier alpha value is -1.55. The van der Waals surface area contributed by atoms with Crippen LogP contribution in [-0.4, -0.2) is 60.8 Å². The Kier molecular flexibility index (Phi) is 3.07. The Morgan fingerprint density at radius 1 is 1.53 bits per heavy atom. The maximum absolute atomic E-state index is 9.70. The molecule has 0 aromatic carbocycles. The van der Waals surface area contributed by atoms with Gasteiger partial charge in [-0.2, -0.15) is 0 Å². The molecular formula is C8H13N5O4. The number of hydrogen-bond acceptors (Lipinski definition) is 7. The third-order valence-electron chi connectivity index (χ3n) is 2.53. The normalized spacial score (nSPS) is 32.9. The Labute approximate surface area is 96.0 Å². The van der Waals surface area contributed by atoms with Crippen molar-refractivity contribution in [1.29, 1.82) is 5.41 Å². The molecule has 0 unspecified atom stereocenters. The van der Waals surface area contributed by atoms with Crippen LogP contribution in [0, 0.1) is 5.41 Å². The van der Waals surface area contributed by atoms with E-state index in [2.05, 4.69) is 10.1 Å². The highest BCUT2D eigenvalue weighted by Gasteiger charge is 2.43. The summed E-state index contributed by atoms with van der Waals surface area (Å²) in [6.07, 6.45) is -3.02. The number of nitrogens with zero attached hydrogens (tertiary/aromatic N) is 3. The molecule has 17 heavy (non-hydrogen) atoms. The molecule has 1 aliphatic heterocycles. The molecule has 4 atom stereocenters. The highest BCUT2D eigenvalue weighted by atomic mass is 16.6. The van der Waals surface area contributed by atoms with Crippen molar-refractivity contribution >= 4 is 5.84 Å². The van der Waals surface area contributed by atoms with Crippen molar-refractivity contribution in [2.24, 2.45) is 5.73 Å². The summed E-state index contributed by atoms with van der Waals surface area (Å²) in [6.45, 7) is -0.414.